The lowest BCUT2D eigenvalue weighted by Crippen LogP contribution is -2.57. The van der Waals surface area contributed by atoms with E-state index in [0.29, 0.717) is 11.3 Å². The molecule has 1 unspecified atom stereocenters. The summed E-state index contributed by atoms with van der Waals surface area (Å²) in [5, 5.41) is 8.93. The van der Waals surface area contributed by atoms with Gasteiger partial charge in [-0.15, -0.1) is 0 Å². The van der Waals surface area contributed by atoms with Crippen molar-refractivity contribution in [2.24, 2.45) is 11.8 Å². The first kappa shape index (κ1) is 30.5. The SMILES string of the molecule is COc1cccc2[nH]c(C(=O)N[C@H](C(=O)NC(Cc3ccc[nH]c3=O)C(=O)C(=O)NCC(C)C)C3CCCCC3)cc12. The van der Waals surface area contributed by atoms with E-state index in [2.05, 4.69) is 25.9 Å². The van der Waals surface area contributed by atoms with Gasteiger partial charge in [-0.3, -0.25) is 24.0 Å². The van der Waals surface area contributed by atoms with Gasteiger partial charge in [0, 0.05) is 35.6 Å². The third-order valence-corrected chi connectivity index (χ3v) is 7.63. The normalized spacial score (nSPS) is 15.1. The summed E-state index contributed by atoms with van der Waals surface area (Å²) >= 11 is 0. The van der Waals surface area contributed by atoms with Crippen molar-refractivity contribution in [3.8, 4) is 5.75 Å². The quantitative estimate of drug-likeness (QED) is 0.208. The van der Waals surface area contributed by atoms with Crippen LogP contribution in [-0.4, -0.2) is 59.2 Å². The van der Waals surface area contributed by atoms with E-state index in [4.69, 9.17) is 4.74 Å². The van der Waals surface area contributed by atoms with Crippen LogP contribution in [0.15, 0.2) is 47.4 Å². The number of rotatable bonds is 12. The van der Waals surface area contributed by atoms with Crippen LogP contribution >= 0.6 is 0 Å². The number of fused-ring (bicyclic) bond motifs is 1. The largest absolute Gasteiger partial charge is 0.496 e. The molecule has 2 heterocycles. The van der Waals surface area contributed by atoms with E-state index in [1.165, 1.54) is 6.20 Å². The predicted octanol–water partition coefficient (Wildman–Crippen LogP) is 2.61. The van der Waals surface area contributed by atoms with Crippen LogP contribution in [-0.2, 0) is 20.8 Å². The third kappa shape index (κ3) is 7.45. The van der Waals surface area contributed by atoms with Gasteiger partial charge in [-0.1, -0.05) is 45.2 Å². The Labute approximate surface area is 244 Å². The van der Waals surface area contributed by atoms with E-state index in [-0.39, 0.29) is 36.1 Å². The summed E-state index contributed by atoms with van der Waals surface area (Å²) in [5.74, 6) is -2.19. The highest BCUT2D eigenvalue weighted by atomic mass is 16.5. The number of hydrogen-bond acceptors (Lipinski definition) is 6. The van der Waals surface area contributed by atoms with Crippen LogP contribution in [0.25, 0.3) is 10.9 Å². The second kappa shape index (κ2) is 14.0. The molecule has 1 saturated carbocycles. The number of ketones is 1. The molecule has 42 heavy (non-hydrogen) atoms. The molecular weight excluding hydrogens is 538 g/mol. The standard InChI is InChI=1S/C31H39N5O6/c1-18(2)17-33-31(41)27(37)23(15-20-11-8-14-32-28(20)38)35-30(40)26(19-9-5-4-6-10-19)36-29(39)24-16-21-22(34-24)12-7-13-25(21)42-3/h7-8,11-14,16,18-19,23,26,34H,4-6,9-10,15,17H2,1-3H3,(H,32,38)(H,33,41)(H,35,40)(H,36,39)/t23?,26-/m0/s1. The van der Waals surface area contributed by atoms with Gasteiger partial charge in [0.25, 0.3) is 17.4 Å². The summed E-state index contributed by atoms with van der Waals surface area (Å²) in [5.41, 5.74) is 0.806. The van der Waals surface area contributed by atoms with Gasteiger partial charge in [-0.05, 0) is 48.9 Å². The monoisotopic (exact) mass is 577 g/mol. The number of methoxy groups -OCH3 is 1. The molecule has 11 heteroatoms. The maximum Gasteiger partial charge on any atom is 0.289 e. The van der Waals surface area contributed by atoms with E-state index < -0.39 is 41.1 Å². The van der Waals surface area contributed by atoms with E-state index in [1.807, 2.05) is 26.0 Å². The zero-order valence-corrected chi connectivity index (χ0v) is 24.3. The minimum atomic E-state index is -1.30. The van der Waals surface area contributed by atoms with Gasteiger partial charge >= 0.3 is 0 Å². The number of Topliss-reactive ketones (excluding diaryl/α,β-unsaturated/α-hetero) is 1. The van der Waals surface area contributed by atoms with Gasteiger partial charge in [0.2, 0.25) is 11.7 Å². The Balaban J connectivity index is 1.59. The van der Waals surface area contributed by atoms with Crippen LogP contribution < -0.4 is 26.2 Å². The maximum atomic E-state index is 13.8. The molecule has 1 aliphatic rings. The second-order valence-electron chi connectivity index (χ2n) is 11.2. The molecule has 2 aromatic heterocycles. The Morgan fingerprint density at radius 2 is 1.79 bits per heavy atom. The molecule has 3 aromatic rings. The lowest BCUT2D eigenvalue weighted by atomic mass is 9.83. The molecule has 224 valence electrons. The number of hydrogen-bond donors (Lipinski definition) is 5. The van der Waals surface area contributed by atoms with Gasteiger partial charge in [-0.25, -0.2) is 0 Å². The fourth-order valence-electron chi connectivity index (χ4n) is 5.36. The van der Waals surface area contributed by atoms with Crippen molar-refractivity contribution < 1.29 is 23.9 Å². The van der Waals surface area contributed by atoms with Crippen molar-refractivity contribution in [1.82, 2.24) is 25.9 Å². The van der Waals surface area contributed by atoms with Gasteiger partial charge in [-0.2, -0.15) is 0 Å². The number of nitrogens with one attached hydrogen (secondary N) is 5. The summed E-state index contributed by atoms with van der Waals surface area (Å²) < 4.78 is 5.40. The highest BCUT2D eigenvalue weighted by Crippen LogP contribution is 2.28. The number of H-pyrrole nitrogens is 2. The molecule has 0 radical (unpaired) electrons. The van der Waals surface area contributed by atoms with Gasteiger partial charge in [0.1, 0.15) is 23.5 Å². The molecule has 2 atom stereocenters. The summed E-state index contributed by atoms with van der Waals surface area (Å²) in [4.78, 5) is 71.3. The van der Waals surface area contributed by atoms with Crippen LogP contribution in [0.1, 0.15) is 62.0 Å². The first-order valence-electron chi connectivity index (χ1n) is 14.4. The number of benzene rings is 1. The van der Waals surface area contributed by atoms with Crippen molar-refractivity contribution in [2.45, 2.75) is 64.5 Å². The zero-order chi connectivity index (χ0) is 30.2. The van der Waals surface area contributed by atoms with Crippen molar-refractivity contribution >= 4 is 34.4 Å². The Kier molecular flexibility index (Phi) is 10.2. The van der Waals surface area contributed by atoms with Crippen LogP contribution in [0.5, 0.6) is 5.75 Å². The second-order valence-corrected chi connectivity index (χ2v) is 11.2. The molecule has 0 aliphatic heterocycles. The number of aromatic amines is 2. The smallest absolute Gasteiger partial charge is 0.289 e. The molecule has 5 N–H and O–H groups in total. The summed E-state index contributed by atoms with van der Waals surface area (Å²) in [6.07, 6.45) is 5.60. The molecule has 3 amide bonds. The van der Waals surface area contributed by atoms with E-state index in [9.17, 15) is 24.0 Å². The average Bonchev–Trinajstić information content (AvgIpc) is 3.44. The average molecular weight is 578 g/mol. The zero-order valence-electron chi connectivity index (χ0n) is 24.3. The molecule has 1 aliphatic carbocycles. The summed E-state index contributed by atoms with van der Waals surface area (Å²) in [7, 11) is 1.55. The van der Waals surface area contributed by atoms with Crippen molar-refractivity contribution in [3.05, 3.63) is 64.2 Å². The van der Waals surface area contributed by atoms with Gasteiger partial charge in [0.05, 0.1) is 7.11 Å². The summed E-state index contributed by atoms with van der Waals surface area (Å²) in [6, 6.07) is 8.01. The maximum absolute atomic E-state index is 13.8. The minimum absolute atomic E-state index is 0.113. The van der Waals surface area contributed by atoms with Crippen LogP contribution in [0, 0.1) is 11.8 Å². The van der Waals surface area contributed by atoms with Crippen LogP contribution in [0.2, 0.25) is 0 Å². The number of ether oxygens (including phenoxy) is 1. The number of carbonyl (C=O) groups is 4. The molecule has 0 bridgehead atoms. The van der Waals surface area contributed by atoms with Crippen molar-refractivity contribution in [1.29, 1.82) is 0 Å². The molecule has 11 nitrogen and oxygen atoms in total. The minimum Gasteiger partial charge on any atom is -0.496 e. The lowest BCUT2D eigenvalue weighted by Gasteiger charge is -2.31. The number of carbonyl (C=O) groups excluding carboxylic acids is 4. The third-order valence-electron chi connectivity index (χ3n) is 7.63. The lowest BCUT2D eigenvalue weighted by molar-refractivity contribution is -0.140. The van der Waals surface area contributed by atoms with E-state index in [1.54, 1.807) is 31.4 Å². The summed E-state index contributed by atoms with van der Waals surface area (Å²) in [6.45, 7) is 4.08. The number of aromatic nitrogens is 2. The molecule has 1 fully saturated rings. The Hall–Kier alpha value is -4.41. The van der Waals surface area contributed by atoms with Crippen molar-refractivity contribution in [3.63, 3.8) is 0 Å². The Morgan fingerprint density at radius 3 is 2.48 bits per heavy atom. The topological polar surface area (TPSA) is 162 Å². The van der Waals surface area contributed by atoms with Gasteiger partial charge in [0.15, 0.2) is 0 Å². The molecule has 1 aromatic carbocycles. The molecular formula is C31H39N5O6. The van der Waals surface area contributed by atoms with Crippen LogP contribution in [0.4, 0.5) is 0 Å². The first-order valence-corrected chi connectivity index (χ1v) is 14.4. The van der Waals surface area contributed by atoms with E-state index >= 15 is 0 Å². The highest BCUT2D eigenvalue weighted by molar-refractivity contribution is 6.38. The number of pyridine rings is 1. The molecule has 4 rings (SSSR count). The first-order chi connectivity index (χ1) is 20.2. The molecule has 0 spiro atoms. The van der Waals surface area contributed by atoms with Gasteiger partial charge < -0.3 is 30.7 Å². The fourth-order valence-corrected chi connectivity index (χ4v) is 5.36. The number of amides is 3. The molecule has 0 saturated heterocycles. The highest BCUT2D eigenvalue weighted by Gasteiger charge is 2.35. The van der Waals surface area contributed by atoms with Crippen LogP contribution in [0.3, 0.4) is 0 Å². The Bertz CT molecular complexity index is 1490. The van der Waals surface area contributed by atoms with Crippen molar-refractivity contribution in [2.75, 3.05) is 13.7 Å². The van der Waals surface area contributed by atoms with E-state index in [0.717, 1.165) is 37.5 Å². The fraction of sp³-hybridized carbons (Fsp3) is 0.452. The Morgan fingerprint density at radius 1 is 1.02 bits per heavy atom. The predicted molar refractivity (Wildman–Crippen MR) is 158 cm³/mol.